The van der Waals surface area contributed by atoms with Crippen LogP contribution in [0.5, 0.6) is 0 Å². The van der Waals surface area contributed by atoms with Gasteiger partial charge in [0.05, 0.1) is 6.61 Å². The largest absolute Gasteiger partial charge is 0.461 e. The van der Waals surface area contributed by atoms with Gasteiger partial charge in [-0.2, -0.15) is 0 Å². The Morgan fingerprint density at radius 3 is 2.42 bits per heavy atom. The number of rotatable bonds is 6. The average Bonchev–Trinajstić information content (AvgIpc) is 2.42. The number of nitrogens with zero attached hydrogens (tertiary/aromatic N) is 1. The van der Waals surface area contributed by atoms with Crippen molar-refractivity contribution in [1.82, 2.24) is 0 Å². The third-order valence-corrected chi connectivity index (χ3v) is 3.38. The van der Waals surface area contributed by atoms with E-state index in [-0.39, 0.29) is 11.7 Å². The molecule has 0 unspecified atom stereocenters. The Morgan fingerprint density at radius 2 is 1.84 bits per heavy atom. The normalized spacial score (nSPS) is 18.7. The predicted molar refractivity (Wildman–Crippen MR) is 75.3 cm³/mol. The van der Waals surface area contributed by atoms with Crippen LogP contribution in [0.25, 0.3) is 0 Å². The molecule has 0 amide bonds. The average molecular weight is 267 g/mol. The minimum absolute atomic E-state index is 0.132. The molecule has 1 fully saturated rings. The van der Waals surface area contributed by atoms with Crippen molar-refractivity contribution in [2.45, 2.75) is 58.9 Å². The molecule has 4 heteroatoms. The monoisotopic (exact) mass is 267 g/mol. The molecule has 1 saturated carbocycles. The molecule has 0 radical (unpaired) electrons. The van der Waals surface area contributed by atoms with E-state index in [4.69, 9.17) is 4.74 Å². The Kier molecular flexibility index (Phi) is 6.74. The van der Waals surface area contributed by atoms with Gasteiger partial charge in [0.25, 0.3) is 0 Å². The van der Waals surface area contributed by atoms with E-state index in [1.54, 1.807) is 6.92 Å². The predicted octanol–water partition coefficient (Wildman–Crippen LogP) is 2.79. The van der Waals surface area contributed by atoms with Crippen LogP contribution in [-0.2, 0) is 14.3 Å². The van der Waals surface area contributed by atoms with Gasteiger partial charge in [0.2, 0.25) is 0 Å². The van der Waals surface area contributed by atoms with Crippen LogP contribution < -0.4 is 0 Å². The third-order valence-electron chi connectivity index (χ3n) is 3.38. The van der Waals surface area contributed by atoms with E-state index >= 15 is 0 Å². The lowest BCUT2D eigenvalue weighted by molar-refractivity contribution is -0.136. The summed E-state index contributed by atoms with van der Waals surface area (Å²) in [6.45, 7) is 6.08. The number of aliphatic imine (C=N–C) groups is 1. The second-order valence-electron chi connectivity index (χ2n) is 5.72. The molecule has 0 N–H and O–H groups in total. The number of carbonyl (C=O) groups is 2. The first-order chi connectivity index (χ1) is 9.00. The van der Waals surface area contributed by atoms with Gasteiger partial charge in [-0.1, -0.05) is 33.1 Å². The highest BCUT2D eigenvalue weighted by molar-refractivity contribution is 6.23. The molecule has 0 aliphatic heterocycles. The van der Waals surface area contributed by atoms with Gasteiger partial charge in [0.15, 0.2) is 5.78 Å². The lowest BCUT2D eigenvalue weighted by Gasteiger charge is -2.21. The van der Waals surface area contributed by atoms with Crippen molar-refractivity contribution in [2.75, 3.05) is 6.61 Å². The molecule has 1 rings (SSSR count). The lowest BCUT2D eigenvalue weighted by Crippen LogP contribution is -2.27. The first-order valence-electron chi connectivity index (χ1n) is 7.24. The van der Waals surface area contributed by atoms with Crippen molar-refractivity contribution in [3.63, 3.8) is 0 Å². The SMILES string of the molecule is CC(C)COC(=O)C=N[C@@H](C)C(=O)C1CCCCC1. The Labute approximate surface area is 115 Å². The Bertz CT molecular complexity index is 330. The van der Waals surface area contributed by atoms with E-state index in [2.05, 4.69) is 4.99 Å². The second kappa shape index (κ2) is 8.08. The van der Waals surface area contributed by atoms with Crippen LogP contribution in [0.4, 0.5) is 0 Å². The molecule has 1 atom stereocenters. The highest BCUT2D eigenvalue weighted by Crippen LogP contribution is 2.25. The van der Waals surface area contributed by atoms with Crippen LogP contribution in [0.1, 0.15) is 52.9 Å². The molecule has 108 valence electrons. The summed E-state index contributed by atoms with van der Waals surface area (Å²) in [6, 6.07) is -0.435. The smallest absolute Gasteiger partial charge is 0.348 e. The van der Waals surface area contributed by atoms with Crippen molar-refractivity contribution in [3.8, 4) is 0 Å². The first kappa shape index (κ1) is 15.9. The number of Topliss-reactive ketones (excluding diaryl/α,β-unsaturated/α-hetero) is 1. The molecule has 4 nitrogen and oxygen atoms in total. The van der Waals surface area contributed by atoms with Crippen LogP contribution in [0.15, 0.2) is 4.99 Å². The number of esters is 1. The van der Waals surface area contributed by atoms with E-state index in [1.807, 2.05) is 13.8 Å². The molecule has 0 spiro atoms. The van der Waals surface area contributed by atoms with Crippen LogP contribution in [0, 0.1) is 11.8 Å². The summed E-state index contributed by atoms with van der Waals surface area (Å²) >= 11 is 0. The van der Waals surface area contributed by atoms with Gasteiger partial charge in [-0.15, -0.1) is 0 Å². The Hall–Kier alpha value is -1.19. The first-order valence-corrected chi connectivity index (χ1v) is 7.24. The van der Waals surface area contributed by atoms with Crippen LogP contribution in [0.2, 0.25) is 0 Å². The summed E-state index contributed by atoms with van der Waals surface area (Å²) in [6.07, 6.45) is 6.57. The maximum atomic E-state index is 12.1. The van der Waals surface area contributed by atoms with Crippen molar-refractivity contribution in [3.05, 3.63) is 0 Å². The van der Waals surface area contributed by atoms with E-state index in [1.165, 1.54) is 6.42 Å². The zero-order chi connectivity index (χ0) is 14.3. The van der Waals surface area contributed by atoms with Crippen molar-refractivity contribution < 1.29 is 14.3 Å². The van der Waals surface area contributed by atoms with Gasteiger partial charge in [-0.3, -0.25) is 9.79 Å². The molecular weight excluding hydrogens is 242 g/mol. The van der Waals surface area contributed by atoms with Crippen LogP contribution in [0.3, 0.4) is 0 Å². The standard InChI is InChI=1S/C15H25NO3/c1-11(2)10-19-14(17)9-16-12(3)15(18)13-7-5-4-6-8-13/h9,11-13H,4-8,10H2,1-3H3/t12-/m0/s1. The number of hydrogen-bond acceptors (Lipinski definition) is 4. The number of carbonyl (C=O) groups excluding carboxylic acids is 2. The van der Waals surface area contributed by atoms with E-state index < -0.39 is 12.0 Å². The fraction of sp³-hybridized carbons (Fsp3) is 0.800. The fourth-order valence-electron chi connectivity index (χ4n) is 2.26. The van der Waals surface area contributed by atoms with Crippen molar-refractivity contribution in [2.24, 2.45) is 16.8 Å². The maximum absolute atomic E-state index is 12.1. The number of hydrogen-bond donors (Lipinski definition) is 0. The van der Waals surface area contributed by atoms with Crippen LogP contribution in [-0.4, -0.2) is 30.6 Å². The van der Waals surface area contributed by atoms with Crippen molar-refractivity contribution >= 4 is 18.0 Å². The summed E-state index contributed by atoms with van der Waals surface area (Å²) in [5.74, 6) is 0.135. The zero-order valence-electron chi connectivity index (χ0n) is 12.2. The fourth-order valence-corrected chi connectivity index (χ4v) is 2.26. The van der Waals surface area contributed by atoms with Gasteiger partial charge in [0.1, 0.15) is 12.3 Å². The quantitative estimate of drug-likeness (QED) is 0.549. The molecule has 0 aromatic heterocycles. The van der Waals surface area contributed by atoms with Gasteiger partial charge < -0.3 is 4.74 Å². The molecule has 0 heterocycles. The van der Waals surface area contributed by atoms with Crippen LogP contribution >= 0.6 is 0 Å². The summed E-state index contributed by atoms with van der Waals surface area (Å²) in [5.41, 5.74) is 0. The van der Waals surface area contributed by atoms with E-state index in [9.17, 15) is 9.59 Å². The van der Waals surface area contributed by atoms with Gasteiger partial charge in [-0.25, -0.2) is 4.79 Å². The Morgan fingerprint density at radius 1 is 1.21 bits per heavy atom. The van der Waals surface area contributed by atoms with Gasteiger partial charge in [-0.05, 0) is 25.7 Å². The molecule has 0 aromatic rings. The summed E-state index contributed by atoms with van der Waals surface area (Å²) in [5, 5.41) is 0. The minimum Gasteiger partial charge on any atom is -0.461 e. The second-order valence-corrected chi connectivity index (χ2v) is 5.72. The molecule has 1 aliphatic rings. The molecular formula is C15H25NO3. The summed E-state index contributed by atoms with van der Waals surface area (Å²) in [7, 11) is 0. The van der Waals surface area contributed by atoms with E-state index in [0.717, 1.165) is 31.9 Å². The highest BCUT2D eigenvalue weighted by atomic mass is 16.5. The molecule has 0 saturated heterocycles. The molecule has 0 aromatic carbocycles. The van der Waals surface area contributed by atoms with E-state index in [0.29, 0.717) is 12.5 Å². The number of ether oxygens (including phenoxy) is 1. The lowest BCUT2D eigenvalue weighted by atomic mass is 9.84. The summed E-state index contributed by atoms with van der Waals surface area (Å²) < 4.78 is 4.98. The molecule has 1 aliphatic carbocycles. The zero-order valence-corrected chi connectivity index (χ0v) is 12.2. The van der Waals surface area contributed by atoms with Crippen molar-refractivity contribution in [1.29, 1.82) is 0 Å². The minimum atomic E-state index is -0.461. The maximum Gasteiger partial charge on any atom is 0.348 e. The molecule has 19 heavy (non-hydrogen) atoms. The topological polar surface area (TPSA) is 55.7 Å². The van der Waals surface area contributed by atoms with Gasteiger partial charge >= 0.3 is 5.97 Å². The highest BCUT2D eigenvalue weighted by Gasteiger charge is 2.24. The Balaban J connectivity index is 2.37. The summed E-state index contributed by atoms with van der Waals surface area (Å²) in [4.78, 5) is 27.5. The van der Waals surface area contributed by atoms with Gasteiger partial charge in [0, 0.05) is 5.92 Å². The molecule has 0 bridgehead atoms. The third kappa shape index (κ3) is 5.99. The number of ketones is 1.